The third-order valence-corrected chi connectivity index (χ3v) is 3.49. The van der Waals surface area contributed by atoms with Crippen LogP contribution in [-0.4, -0.2) is 44.5 Å². The van der Waals surface area contributed by atoms with Crippen LogP contribution in [0, 0.1) is 17.5 Å². The van der Waals surface area contributed by atoms with E-state index < -0.39 is 17.5 Å². The quantitative estimate of drug-likeness (QED) is 0.551. The molecule has 0 saturated carbocycles. The van der Waals surface area contributed by atoms with E-state index in [0.717, 1.165) is 45.0 Å². The highest BCUT2D eigenvalue weighted by Crippen LogP contribution is 2.19. The van der Waals surface area contributed by atoms with Crippen molar-refractivity contribution in [1.82, 2.24) is 5.32 Å². The molecule has 116 valence electrons. The maximum absolute atomic E-state index is 13.5. The minimum Gasteiger partial charge on any atom is -0.370 e. The number of anilines is 1. The predicted octanol–water partition coefficient (Wildman–Crippen LogP) is 0.305. The lowest BCUT2D eigenvalue weighted by Gasteiger charge is -2.24. The van der Waals surface area contributed by atoms with Crippen molar-refractivity contribution in [2.45, 2.75) is 0 Å². The number of quaternary nitrogens is 1. The molecular weight excluding hydrogens is 303 g/mol. The monoisotopic (exact) mass is 320 g/mol. The van der Waals surface area contributed by atoms with Crippen LogP contribution in [-0.2, 0) is 4.74 Å². The number of nitrogens with one attached hydrogen (secondary N) is 3. The SMILES string of the molecule is Fc1ccc(NC(=S)NCC[NH+]2CCOCC2)c(F)c1F. The number of benzene rings is 1. The number of rotatable bonds is 4. The van der Waals surface area contributed by atoms with Gasteiger partial charge in [0.2, 0.25) is 0 Å². The molecule has 4 nitrogen and oxygen atoms in total. The van der Waals surface area contributed by atoms with Crippen LogP contribution in [0.15, 0.2) is 12.1 Å². The van der Waals surface area contributed by atoms with Gasteiger partial charge in [-0.2, -0.15) is 0 Å². The smallest absolute Gasteiger partial charge is 0.196 e. The second-order valence-corrected chi connectivity index (χ2v) is 5.12. The molecule has 1 aromatic rings. The predicted molar refractivity (Wildman–Crippen MR) is 76.9 cm³/mol. The van der Waals surface area contributed by atoms with Gasteiger partial charge >= 0.3 is 0 Å². The molecule has 1 aliphatic rings. The van der Waals surface area contributed by atoms with Crippen molar-refractivity contribution in [2.24, 2.45) is 0 Å². The molecule has 8 heteroatoms. The molecule has 0 amide bonds. The summed E-state index contributed by atoms with van der Waals surface area (Å²) in [4.78, 5) is 1.40. The summed E-state index contributed by atoms with van der Waals surface area (Å²) in [5.41, 5.74) is -0.190. The molecule has 0 spiro atoms. The van der Waals surface area contributed by atoms with Crippen LogP contribution in [0.25, 0.3) is 0 Å². The van der Waals surface area contributed by atoms with E-state index in [1.54, 1.807) is 0 Å². The van der Waals surface area contributed by atoms with E-state index in [1.165, 1.54) is 4.90 Å². The van der Waals surface area contributed by atoms with Crippen molar-refractivity contribution < 1.29 is 22.8 Å². The fraction of sp³-hybridized carbons (Fsp3) is 0.462. The van der Waals surface area contributed by atoms with Gasteiger partial charge in [0.25, 0.3) is 0 Å². The van der Waals surface area contributed by atoms with Gasteiger partial charge in [-0.3, -0.25) is 0 Å². The van der Waals surface area contributed by atoms with Gasteiger partial charge in [0.05, 0.1) is 32.0 Å². The summed E-state index contributed by atoms with van der Waals surface area (Å²) in [6, 6.07) is 1.95. The molecular formula is C13H17F3N3OS+. The summed E-state index contributed by atoms with van der Waals surface area (Å²) < 4.78 is 44.6. The van der Waals surface area contributed by atoms with E-state index in [9.17, 15) is 13.2 Å². The third-order valence-electron chi connectivity index (χ3n) is 3.25. The molecule has 0 aliphatic carbocycles. The van der Waals surface area contributed by atoms with Crippen molar-refractivity contribution in [2.75, 3.05) is 44.7 Å². The van der Waals surface area contributed by atoms with Crippen molar-refractivity contribution in [1.29, 1.82) is 0 Å². The molecule has 1 saturated heterocycles. The molecule has 0 bridgehead atoms. The zero-order valence-electron chi connectivity index (χ0n) is 11.3. The van der Waals surface area contributed by atoms with E-state index in [2.05, 4.69) is 10.6 Å². The molecule has 0 aromatic heterocycles. The first-order chi connectivity index (χ1) is 10.1. The Hall–Kier alpha value is -1.38. The first-order valence-corrected chi connectivity index (χ1v) is 7.08. The van der Waals surface area contributed by atoms with Gasteiger partial charge < -0.3 is 20.3 Å². The van der Waals surface area contributed by atoms with Gasteiger partial charge in [0.1, 0.15) is 13.1 Å². The van der Waals surface area contributed by atoms with Gasteiger partial charge in [-0.25, -0.2) is 13.2 Å². The van der Waals surface area contributed by atoms with Crippen LogP contribution in [0.1, 0.15) is 0 Å². The van der Waals surface area contributed by atoms with E-state index in [0.29, 0.717) is 6.54 Å². The van der Waals surface area contributed by atoms with E-state index in [1.807, 2.05) is 0 Å². The lowest BCUT2D eigenvalue weighted by atomic mass is 10.3. The van der Waals surface area contributed by atoms with Crippen LogP contribution in [0.3, 0.4) is 0 Å². The minimum atomic E-state index is -1.51. The van der Waals surface area contributed by atoms with Crippen molar-refractivity contribution in [3.63, 3.8) is 0 Å². The molecule has 1 heterocycles. The Morgan fingerprint density at radius 2 is 1.90 bits per heavy atom. The molecule has 0 radical (unpaired) electrons. The summed E-state index contributed by atoms with van der Waals surface area (Å²) in [5.74, 6) is -4.02. The maximum atomic E-state index is 13.5. The van der Waals surface area contributed by atoms with Gasteiger partial charge in [-0.05, 0) is 24.4 Å². The first kappa shape index (κ1) is 16.0. The van der Waals surface area contributed by atoms with Crippen molar-refractivity contribution >= 4 is 23.0 Å². The fourth-order valence-corrected chi connectivity index (χ4v) is 2.26. The molecule has 0 unspecified atom stereocenters. The van der Waals surface area contributed by atoms with E-state index in [4.69, 9.17) is 17.0 Å². The maximum Gasteiger partial charge on any atom is 0.196 e. The number of ether oxygens (including phenoxy) is 1. The second-order valence-electron chi connectivity index (χ2n) is 4.72. The molecule has 1 aliphatic heterocycles. The average molecular weight is 320 g/mol. The highest BCUT2D eigenvalue weighted by molar-refractivity contribution is 7.80. The summed E-state index contributed by atoms with van der Waals surface area (Å²) in [6.45, 7) is 4.84. The van der Waals surface area contributed by atoms with Crippen LogP contribution < -0.4 is 15.5 Å². The molecule has 3 N–H and O–H groups in total. The van der Waals surface area contributed by atoms with Crippen LogP contribution in [0.5, 0.6) is 0 Å². The number of morpholine rings is 1. The number of thiocarbonyl (C=S) groups is 1. The second kappa shape index (κ2) is 7.58. The lowest BCUT2D eigenvalue weighted by Crippen LogP contribution is -3.14. The van der Waals surface area contributed by atoms with Crippen LogP contribution >= 0.6 is 12.2 Å². The normalized spacial score (nSPS) is 15.8. The minimum absolute atomic E-state index is 0.174. The molecule has 1 fully saturated rings. The average Bonchev–Trinajstić information content (AvgIpc) is 2.49. The Labute approximate surface area is 126 Å². The van der Waals surface area contributed by atoms with Crippen molar-refractivity contribution in [3.8, 4) is 0 Å². The Morgan fingerprint density at radius 3 is 2.62 bits per heavy atom. The highest BCUT2D eigenvalue weighted by Gasteiger charge is 2.15. The van der Waals surface area contributed by atoms with Gasteiger partial charge in [0, 0.05) is 0 Å². The molecule has 1 aromatic carbocycles. The summed E-state index contributed by atoms with van der Waals surface area (Å²) in [6.07, 6.45) is 0. The Morgan fingerprint density at radius 1 is 1.19 bits per heavy atom. The number of hydrogen-bond donors (Lipinski definition) is 3. The molecule has 21 heavy (non-hydrogen) atoms. The summed E-state index contributed by atoms with van der Waals surface area (Å²) in [7, 11) is 0. The Bertz CT molecular complexity index is 510. The van der Waals surface area contributed by atoms with Gasteiger partial charge in [0.15, 0.2) is 22.6 Å². The van der Waals surface area contributed by atoms with Gasteiger partial charge in [-0.15, -0.1) is 0 Å². The van der Waals surface area contributed by atoms with E-state index in [-0.39, 0.29) is 10.8 Å². The Balaban J connectivity index is 1.78. The standard InChI is InChI=1S/C13H16F3N3OS/c14-9-1-2-10(12(16)11(9)15)18-13(21)17-3-4-19-5-7-20-8-6-19/h1-2H,3-8H2,(H2,17,18,21)/p+1. The largest absolute Gasteiger partial charge is 0.370 e. The molecule has 2 rings (SSSR count). The van der Waals surface area contributed by atoms with Crippen LogP contribution in [0.4, 0.5) is 18.9 Å². The zero-order chi connectivity index (χ0) is 15.2. The lowest BCUT2D eigenvalue weighted by molar-refractivity contribution is -0.906. The summed E-state index contributed by atoms with van der Waals surface area (Å²) in [5, 5.41) is 5.61. The van der Waals surface area contributed by atoms with Gasteiger partial charge in [-0.1, -0.05) is 0 Å². The summed E-state index contributed by atoms with van der Waals surface area (Å²) >= 11 is 5.00. The van der Waals surface area contributed by atoms with Crippen molar-refractivity contribution in [3.05, 3.63) is 29.6 Å². The third kappa shape index (κ3) is 4.55. The topological polar surface area (TPSA) is 37.7 Å². The first-order valence-electron chi connectivity index (χ1n) is 6.67. The zero-order valence-corrected chi connectivity index (χ0v) is 12.2. The molecule has 0 atom stereocenters. The number of halogens is 3. The Kier molecular flexibility index (Phi) is 5.77. The van der Waals surface area contributed by atoms with E-state index >= 15 is 0 Å². The number of hydrogen-bond acceptors (Lipinski definition) is 2. The highest BCUT2D eigenvalue weighted by atomic mass is 32.1. The fourth-order valence-electron chi connectivity index (χ4n) is 2.05. The van der Waals surface area contributed by atoms with Crippen LogP contribution in [0.2, 0.25) is 0 Å².